The highest BCUT2D eigenvalue weighted by atomic mass is 127. The molecule has 1 aromatic heterocycles. The van der Waals surface area contributed by atoms with Crippen LogP contribution in [0.25, 0.3) is 0 Å². The molecule has 2 aliphatic heterocycles. The van der Waals surface area contributed by atoms with Crippen LogP contribution in [0, 0.1) is 123 Å². The van der Waals surface area contributed by atoms with Crippen LogP contribution in [0.5, 0.6) is 34.5 Å². The number of anilines is 1. The van der Waals surface area contributed by atoms with Gasteiger partial charge in [0.25, 0.3) is 0 Å². The minimum absolute atomic E-state index is 0. The molecular formula is C101H119ClF4I2N2O16+2. The number of aromatic nitrogens is 1. The number of fused-ring (bicyclic) bond motifs is 2. The number of ether oxygens (including phenoxy) is 8. The molecule has 14 aliphatic rings. The summed E-state index contributed by atoms with van der Waals surface area (Å²) in [5.41, 5.74) is 5.87. The molecule has 6 aromatic carbocycles. The molecule has 0 spiro atoms. The Hall–Kier alpha value is -8.24. The number of benzene rings is 6. The lowest BCUT2D eigenvalue weighted by atomic mass is 9.49. The fraction of sp³-hybridized carbons (Fsp3) is 0.535. The van der Waals surface area contributed by atoms with Crippen LogP contribution in [-0.2, 0) is 68.0 Å². The Labute approximate surface area is 764 Å². The molecule has 18 nitrogen and oxygen atoms in total. The zero-order valence-corrected chi connectivity index (χ0v) is 79.2. The smallest absolute Gasteiger partial charge is 0.377 e. The number of alkyl halides is 4. The van der Waals surface area contributed by atoms with E-state index in [1.807, 2.05) is 50.8 Å². The van der Waals surface area contributed by atoms with Crippen LogP contribution in [0.1, 0.15) is 181 Å². The summed E-state index contributed by atoms with van der Waals surface area (Å²) >= 11 is -0.418. The second kappa shape index (κ2) is 37.3. The van der Waals surface area contributed by atoms with Crippen molar-refractivity contribution in [3.8, 4) is 34.5 Å². The van der Waals surface area contributed by atoms with Crippen LogP contribution in [0.3, 0.4) is 0 Å². The number of esters is 6. The lowest BCUT2D eigenvalue weighted by Gasteiger charge is -2.60. The first-order valence-corrected chi connectivity index (χ1v) is 48.8. The Morgan fingerprint density at radius 1 is 0.460 bits per heavy atom. The Kier molecular flexibility index (Phi) is 27.8. The minimum Gasteiger partial charge on any atom is -1.00 e. The van der Waals surface area contributed by atoms with Crippen molar-refractivity contribution >= 4 is 41.5 Å². The van der Waals surface area contributed by atoms with Crippen molar-refractivity contribution in [2.75, 3.05) is 19.0 Å². The molecule has 126 heavy (non-hydrogen) atoms. The summed E-state index contributed by atoms with van der Waals surface area (Å²) in [5, 5.41) is 18.7. The van der Waals surface area contributed by atoms with Gasteiger partial charge in [-0.1, -0.05) is 79.7 Å². The van der Waals surface area contributed by atoms with E-state index in [4.69, 9.17) is 37.9 Å². The fourth-order valence-electron chi connectivity index (χ4n) is 23.3. The van der Waals surface area contributed by atoms with Gasteiger partial charge in [-0.05, 0) is 282 Å². The van der Waals surface area contributed by atoms with Crippen molar-refractivity contribution in [1.29, 1.82) is 0 Å². The molecule has 3 N–H and O–H groups in total. The zero-order valence-electron chi connectivity index (χ0n) is 74.2. The number of halogens is 7. The molecule has 2 saturated heterocycles. The molecule has 21 rings (SSSR count). The number of nitrogens with zero attached hydrogens (tertiary/aromatic N) is 1. The van der Waals surface area contributed by atoms with Gasteiger partial charge in [0.1, 0.15) is 70.1 Å². The number of phenolic OH excluding ortho intramolecular Hbond substituents is 2. The predicted octanol–water partition coefficient (Wildman–Crippen LogP) is 10.4. The molecular weight excluding hydrogens is 1860 g/mol. The Morgan fingerprint density at radius 2 is 0.786 bits per heavy atom. The average Bonchev–Trinajstić information content (AvgIpc) is 1.73. The summed E-state index contributed by atoms with van der Waals surface area (Å²) in [6.07, 6.45) is 14.0. The maximum absolute atomic E-state index is 13.6. The Balaban J connectivity index is 0.000000132. The summed E-state index contributed by atoms with van der Waals surface area (Å²) in [7, 11) is 4.05. The van der Waals surface area contributed by atoms with Crippen molar-refractivity contribution in [3.05, 3.63) is 195 Å². The summed E-state index contributed by atoms with van der Waals surface area (Å²) in [5.74, 6) is -9.03. The maximum Gasteiger partial charge on any atom is 0.377 e. The van der Waals surface area contributed by atoms with Crippen LogP contribution in [0.15, 0.2) is 158 Å². The number of carbonyl (C=O) groups excluding carboxylic acids is 6. The average molecular weight is 1980 g/mol. The van der Waals surface area contributed by atoms with E-state index in [2.05, 4.69) is 152 Å². The molecule has 12 unspecified atom stereocenters. The molecule has 12 bridgehead atoms. The molecule has 676 valence electrons. The standard InChI is InChI=1S/2C24H30F2O6.2C23H23IO2.C7H10N2.ClH/c2*1-3-24(12-5-10-4-11(7-12)8-13(24)6-10)32-21(28)17-15-9-14-16(17)20(27)30-18(14)19(15)31-22(29)23(2,25)26;2*1-16-15-21(26-20-11-9-19(25)10-12-20)13-14-22(16)24-18-7-5-17(6-8-18)23(2,3)4;1-9(2)7-3-5-8-6-4-7;/h2*10-19H,3-9H2,1-2H3;2*5-15H,1-4H3;3-6H,1-2H3;1H/p+2. The number of nitrogens with one attached hydrogen (secondary N) is 1. The number of aromatic hydroxyl groups is 2. The van der Waals surface area contributed by atoms with Gasteiger partial charge in [0.2, 0.25) is 0 Å². The van der Waals surface area contributed by atoms with Crippen molar-refractivity contribution in [3.63, 3.8) is 0 Å². The molecule has 7 aromatic rings. The van der Waals surface area contributed by atoms with Crippen LogP contribution in [0.4, 0.5) is 23.2 Å². The van der Waals surface area contributed by atoms with Gasteiger partial charge in [-0.2, -0.15) is 17.6 Å². The van der Waals surface area contributed by atoms with E-state index in [9.17, 15) is 56.5 Å². The number of hydrogen-bond donors (Lipinski definition) is 2. The molecule has 3 heterocycles. The highest BCUT2D eigenvalue weighted by Gasteiger charge is 2.74. The van der Waals surface area contributed by atoms with E-state index in [0.29, 0.717) is 50.4 Å². The van der Waals surface area contributed by atoms with Gasteiger partial charge >= 0.3 is 90.1 Å². The fourth-order valence-corrected chi connectivity index (χ4v) is 28.0. The SMILES string of the molecule is CCC1(OC(=O)C2C3CC4C(OC(=O)C42)C3OC(=O)C(C)(F)F)C2CC3CC(C2)CC1C3.CCC1(OC(=O)C2C3CC4C(OC(=O)C42)C3OC(=O)C(C)(F)F)C2CC3CC(C2)CC1C3.CN(C)c1cc[nH+]cc1.Cc1cc(Oc2ccc(O)cc2)ccc1[I+]c1ccc(C(C)(C)C)cc1.Cc1cc(Oc2ccc(O)cc2)ccc1[I+]c1ccc(C(C)(C)C)cc1.[Cl-]. The van der Waals surface area contributed by atoms with E-state index >= 15 is 0 Å². The summed E-state index contributed by atoms with van der Waals surface area (Å²) in [6.45, 7) is 22.9. The van der Waals surface area contributed by atoms with Crippen molar-refractivity contribution in [2.24, 2.45) is 94.7 Å². The predicted molar refractivity (Wildman–Crippen MR) is 451 cm³/mol. The van der Waals surface area contributed by atoms with E-state index in [1.165, 1.54) is 55.1 Å². The third kappa shape index (κ3) is 19.8. The second-order valence-corrected chi connectivity index (χ2v) is 45.4. The lowest BCUT2D eigenvalue weighted by molar-refractivity contribution is -0.598. The van der Waals surface area contributed by atoms with E-state index < -0.39 is 119 Å². The number of hydrogen-bond acceptors (Lipinski definition) is 17. The summed E-state index contributed by atoms with van der Waals surface area (Å²) in [4.78, 5) is 81.3. The summed E-state index contributed by atoms with van der Waals surface area (Å²) in [6, 6.07) is 48.3. The number of rotatable bonds is 19. The molecule has 0 radical (unpaired) electrons. The van der Waals surface area contributed by atoms with Gasteiger partial charge in [0.15, 0.2) is 26.7 Å². The van der Waals surface area contributed by atoms with Gasteiger partial charge in [0.05, 0.1) is 23.7 Å². The number of H-pyrrole nitrogens is 1. The lowest BCUT2D eigenvalue weighted by Crippen LogP contribution is -3.61. The van der Waals surface area contributed by atoms with Crippen LogP contribution in [-0.4, -0.2) is 108 Å². The van der Waals surface area contributed by atoms with Crippen LogP contribution in [0.2, 0.25) is 0 Å². The first-order valence-electron chi connectivity index (χ1n) is 44.5. The highest BCUT2D eigenvalue weighted by Crippen LogP contribution is 2.66. The first kappa shape index (κ1) is 93.9. The van der Waals surface area contributed by atoms with E-state index in [0.717, 1.165) is 111 Å². The number of aryl methyl sites for hydroxylation is 2. The quantitative estimate of drug-likeness (QED) is 0.0331. The molecule has 0 amide bonds. The van der Waals surface area contributed by atoms with Crippen molar-refractivity contribution in [2.45, 2.75) is 231 Å². The van der Waals surface area contributed by atoms with Gasteiger partial charge in [-0.25, -0.2) is 14.6 Å². The monoisotopic (exact) mass is 1980 g/mol. The number of pyridine rings is 1. The third-order valence-electron chi connectivity index (χ3n) is 29.0. The Bertz CT molecular complexity index is 4730. The van der Waals surface area contributed by atoms with Gasteiger partial charge < -0.3 is 65.4 Å². The molecule has 12 saturated carbocycles. The number of carbonyl (C=O) groups is 6. The Morgan fingerprint density at radius 3 is 1.07 bits per heavy atom. The normalized spacial score (nSPS) is 30.7. The minimum atomic E-state index is -3.65. The first-order chi connectivity index (χ1) is 59.2. The largest absolute Gasteiger partial charge is 1.00 e. The van der Waals surface area contributed by atoms with E-state index in [1.54, 1.807) is 48.5 Å². The molecule has 25 heteroatoms. The number of aromatic amines is 1. The van der Waals surface area contributed by atoms with Crippen LogP contribution < -0.4 is 74.2 Å². The summed E-state index contributed by atoms with van der Waals surface area (Å²) < 4.78 is 105. The molecule has 12 aliphatic carbocycles. The van der Waals surface area contributed by atoms with E-state index in [-0.39, 0.29) is 89.0 Å². The van der Waals surface area contributed by atoms with Crippen molar-refractivity contribution < 1.29 is 154 Å². The van der Waals surface area contributed by atoms with Gasteiger partial charge in [0, 0.05) is 80.6 Å². The topological polar surface area (TPSA) is 234 Å². The highest BCUT2D eigenvalue weighted by molar-refractivity contribution is 5.88. The zero-order chi connectivity index (χ0) is 89.3. The van der Waals surface area contributed by atoms with Gasteiger partial charge in [-0.3, -0.25) is 19.2 Å². The molecule has 14 fully saturated rings. The molecule has 12 atom stereocenters. The maximum atomic E-state index is 13.6. The second-order valence-electron chi connectivity index (χ2n) is 39.5. The van der Waals surface area contributed by atoms with Gasteiger partial charge in [-0.15, -0.1) is 0 Å². The van der Waals surface area contributed by atoms with Crippen molar-refractivity contribution in [1.82, 2.24) is 0 Å². The van der Waals surface area contributed by atoms with Crippen LogP contribution >= 0.6 is 0 Å². The number of phenols is 2. The third-order valence-corrected chi connectivity index (χ3v) is 35.3.